The average Bonchev–Trinajstić information content (AvgIpc) is 3.06. The summed E-state index contributed by atoms with van der Waals surface area (Å²) in [5.41, 5.74) is 8.72. The van der Waals surface area contributed by atoms with Crippen LogP contribution in [0.15, 0.2) is 24.3 Å². The number of nitrogen functional groups attached to an aromatic ring is 1. The summed E-state index contributed by atoms with van der Waals surface area (Å²) >= 11 is 0. The number of hydrogen-bond acceptors (Lipinski definition) is 7. The molecule has 2 heterocycles. The van der Waals surface area contributed by atoms with Crippen LogP contribution in [0.25, 0.3) is 5.78 Å². The van der Waals surface area contributed by atoms with Gasteiger partial charge in [0.15, 0.2) is 6.61 Å². The van der Waals surface area contributed by atoms with Crippen molar-refractivity contribution in [3.8, 4) is 0 Å². The van der Waals surface area contributed by atoms with Crippen LogP contribution in [-0.4, -0.2) is 38.1 Å². The molecule has 0 aliphatic carbocycles. The molecule has 0 bridgehead atoms. The number of rotatable bonds is 7. The Labute approximate surface area is 166 Å². The predicted octanol–water partition coefficient (Wildman–Crippen LogP) is 1.25. The minimum atomic E-state index is -0.501. The molecule has 29 heavy (non-hydrogen) atoms. The number of nitrogens with one attached hydrogen (secondary N) is 1. The molecule has 0 fully saturated rings. The lowest BCUT2D eigenvalue weighted by Gasteiger charge is -2.10. The first-order chi connectivity index (χ1) is 13.8. The molecule has 9 nitrogen and oxygen atoms in total. The standard InChI is InChI=1S/C19H21FN6O3/c1-11-15(12(2)26-19(23-11)24-18(21)25-26)7-8-17(28)29-10-16(27)22-9-13-3-5-14(20)6-4-13/h3-6H,7-10H2,1-2H3,(H2,21,25)(H,22,27). The number of ether oxygens (including phenoxy) is 1. The molecule has 0 atom stereocenters. The quantitative estimate of drug-likeness (QED) is 0.572. The normalized spacial score (nSPS) is 10.9. The molecule has 0 saturated heterocycles. The molecular weight excluding hydrogens is 379 g/mol. The number of halogens is 1. The van der Waals surface area contributed by atoms with Crippen LogP contribution in [0, 0.1) is 19.7 Å². The van der Waals surface area contributed by atoms with Crippen LogP contribution in [-0.2, 0) is 27.3 Å². The third kappa shape index (κ3) is 5.03. The van der Waals surface area contributed by atoms with E-state index < -0.39 is 11.9 Å². The zero-order valence-corrected chi connectivity index (χ0v) is 16.1. The van der Waals surface area contributed by atoms with Crippen LogP contribution < -0.4 is 11.1 Å². The number of nitrogens with two attached hydrogens (primary N) is 1. The first kappa shape index (κ1) is 20.2. The summed E-state index contributed by atoms with van der Waals surface area (Å²) < 4.78 is 19.4. The summed E-state index contributed by atoms with van der Waals surface area (Å²) in [5, 5.41) is 6.69. The van der Waals surface area contributed by atoms with Gasteiger partial charge in [-0.2, -0.15) is 9.50 Å². The zero-order valence-electron chi connectivity index (χ0n) is 16.1. The number of aromatic nitrogens is 4. The first-order valence-corrected chi connectivity index (χ1v) is 8.98. The van der Waals surface area contributed by atoms with Gasteiger partial charge in [0.05, 0.1) is 0 Å². The van der Waals surface area contributed by atoms with Crippen molar-refractivity contribution in [2.45, 2.75) is 33.2 Å². The molecule has 3 aromatic rings. The van der Waals surface area contributed by atoms with Gasteiger partial charge < -0.3 is 15.8 Å². The highest BCUT2D eigenvalue weighted by Gasteiger charge is 2.15. The lowest BCUT2D eigenvalue weighted by molar-refractivity contribution is -0.148. The maximum atomic E-state index is 12.9. The van der Waals surface area contributed by atoms with Gasteiger partial charge in [0, 0.05) is 24.4 Å². The van der Waals surface area contributed by atoms with E-state index >= 15 is 0 Å². The van der Waals surface area contributed by atoms with Crippen molar-refractivity contribution in [3.63, 3.8) is 0 Å². The summed E-state index contributed by atoms with van der Waals surface area (Å²) in [6.07, 6.45) is 0.473. The fourth-order valence-electron chi connectivity index (χ4n) is 2.88. The smallest absolute Gasteiger partial charge is 0.306 e. The van der Waals surface area contributed by atoms with E-state index in [1.54, 1.807) is 12.1 Å². The van der Waals surface area contributed by atoms with E-state index in [0.29, 0.717) is 12.2 Å². The molecule has 0 radical (unpaired) electrons. The molecule has 0 aliphatic rings. The summed E-state index contributed by atoms with van der Waals surface area (Å²) in [4.78, 5) is 32.2. The second-order valence-electron chi connectivity index (χ2n) is 6.51. The molecule has 152 valence electrons. The van der Waals surface area contributed by atoms with Crippen molar-refractivity contribution in [1.82, 2.24) is 24.9 Å². The largest absolute Gasteiger partial charge is 0.456 e. The van der Waals surface area contributed by atoms with Crippen LogP contribution in [0.1, 0.15) is 28.9 Å². The van der Waals surface area contributed by atoms with Crippen molar-refractivity contribution in [2.24, 2.45) is 0 Å². The van der Waals surface area contributed by atoms with Gasteiger partial charge in [-0.1, -0.05) is 12.1 Å². The van der Waals surface area contributed by atoms with Gasteiger partial charge in [0.25, 0.3) is 11.7 Å². The van der Waals surface area contributed by atoms with Gasteiger partial charge in [0.1, 0.15) is 5.82 Å². The summed E-state index contributed by atoms with van der Waals surface area (Å²) in [5.74, 6) is -0.749. The number of fused-ring (bicyclic) bond motifs is 1. The van der Waals surface area contributed by atoms with Crippen LogP contribution >= 0.6 is 0 Å². The van der Waals surface area contributed by atoms with E-state index in [2.05, 4.69) is 20.4 Å². The van der Waals surface area contributed by atoms with Crippen molar-refractivity contribution < 1.29 is 18.7 Å². The zero-order chi connectivity index (χ0) is 21.0. The average molecular weight is 400 g/mol. The number of carbonyl (C=O) groups is 2. The Morgan fingerprint density at radius 2 is 1.93 bits per heavy atom. The van der Waals surface area contributed by atoms with Crippen LogP contribution in [0.3, 0.4) is 0 Å². The number of benzene rings is 1. The van der Waals surface area contributed by atoms with Crippen LogP contribution in [0.4, 0.5) is 10.3 Å². The Morgan fingerprint density at radius 3 is 2.66 bits per heavy atom. The second kappa shape index (κ2) is 8.63. The minimum absolute atomic E-state index is 0.0876. The fraction of sp³-hybridized carbons (Fsp3) is 0.316. The highest BCUT2D eigenvalue weighted by atomic mass is 19.1. The topological polar surface area (TPSA) is 124 Å². The van der Waals surface area contributed by atoms with Gasteiger partial charge in [-0.3, -0.25) is 9.59 Å². The Balaban J connectivity index is 1.48. The number of anilines is 1. The molecule has 2 aromatic heterocycles. The summed E-state index contributed by atoms with van der Waals surface area (Å²) in [6, 6.07) is 5.76. The maximum absolute atomic E-state index is 12.9. The van der Waals surface area contributed by atoms with Crippen molar-refractivity contribution in [1.29, 1.82) is 0 Å². The van der Waals surface area contributed by atoms with E-state index in [4.69, 9.17) is 10.5 Å². The molecule has 0 unspecified atom stereocenters. The summed E-state index contributed by atoms with van der Waals surface area (Å²) in [7, 11) is 0. The van der Waals surface area contributed by atoms with Crippen LogP contribution in [0.2, 0.25) is 0 Å². The molecule has 3 rings (SSSR count). The second-order valence-corrected chi connectivity index (χ2v) is 6.51. The lowest BCUT2D eigenvalue weighted by atomic mass is 10.1. The van der Waals surface area contributed by atoms with E-state index in [-0.39, 0.29) is 31.3 Å². The number of esters is 1. The van der Waals surface area contributed by atoms with Gasteiger partial charge in [-0.15, -0.1) is 5.10 Å². The highest BCUT2D eigenvalue weighted by molar-refractivity contribution is 5.80. The van der Waals surface area contributed by atoms with Gasteiger partial charge in [-0.05, 0) is 43.5 Å². The fourth-order valence-corrected chi connectivity index (χ4v) is 2.88. The monoisotopic (exact) mass is 400 g/mol. The maximum Gasteiger partial charge on any atom is 0.306 e. The third-order valence-electron chi connectivity index (χ3n) is 4.41. The van der Waals surface area contributed by atoms with E-state index in [1.165, 1.54) is 16.6 Å². The number of hydrogen-bond donors (Lipinski definition) is 2. The number of aryl methyl sites for hydroxylation is 2. The SMILES string of the molecule is Cc1nc2nc(N)nn2c(C)c1CCC(=O)OCC(=O)NCc1ccc(F)cc1. The molecule has 0 spiro atoms. The first-order valence-electron chi connectivity index (χ1n) is 8.98. The summed E-state index contributed by atoms with van der Waals surface area (Å²) in [6.45, 7) is 3.51. The molecular formula is C19H21FN6O3. The Kier molecular flexibility index (Phi) is 6.01. The predicted molar refractivity (Wildman–Crippen MR) is 102 cm³/mol. The van der Waals surface area contributed by atoms with Crippen LogP contribution in [0.5, 0.6) is 0 Å². The molecule has 1 amide bonds. The number of carbonyl (C=O) groups excluding carboxylic acids is 2. The Hall–Kier alpha value is -3.56. The van der Waals surface area contributed by atoms with Gasteiger partial charge >= 0.3 is 5.97 Å². The highest BCUT2D eigenvalue weighted by Crippen LogP contribution is 2.16. The molecule has 3 N–H and O–H groups in total. The lowest BCUT2D eigenvalue weighted by Crippen LogP contribution is -2.28. The van der Waals surface area contributed by atoms with Gasteiger partial charge in [0.2, 0.25) is 5.95 Å². The van der Waals surface area contributed by atoms with Crippen molar-refractivity contribution >= 4 is 23.6 Å². The molecule has 0 saturated carbocycles. The van der Waals surface area contributed by atoms with Crippen molar-refractivity contribution in [3.05, 3.63) is 52.6 Å². The number of amides is 1. The van der Waals surface area contributed by atoms with E-state index in [9.17, 15) is 14.0 Å². The van der Waals surface area contributed by atoms with Crippen molar-refractivity contribution in [2.75, 3.05) is 12.3 Å². The number of nitrogens with zero attached hydrogens (tertiary/aromatic N) is 4. The minimum Gasteiger partial charge on any atom is -0.456 e. The Bertz CT molecular complexity index is 1050. The Morgan fingerprint density at radius 1 is 1.21 bits per heavy atom. The van der Waals surface area contributed by atoms with E-state index in [0.717, 1.165) is 22.5 Å². The molecule has 10 heteroatoms. The molecule has 1 aromatic carbocycles. The van der Waals surface area contributed by atoms with Gasteiger partial charge in [-0.25, -0.2) is 9.37 Å². The van der Waals surface area contributed by atoms with E-state index in [1.807, 2.05) is 13.8 Å². The molecule has 0 aliphatic heterocycles. The third-order valence-corrected chi connectivity index (χ3v) is 4.41.